The van der Waals surface area contributed by atoms with Crippen molar-refractivity contribution < 1.29 is 38.1 Å². The van der Waals surface area contributed by atoms with Gasteiger partial charge in [0.15, 0.2) is 11.9 Å². The minimum absolute atomic E-state index is 0.0583. The minimum atomic E-state index is -1.93. The van der Waals surface area contributed by atoms with Gasteiger partial charge in [0.2, 0.25) is 5.60 Å². The van der Waals surface area contributed by atoms with Crippen LogP contribution in [0.25, 0.3) is 0 Å². The summed E-state index contributed by atoms with van der Waals surface area (Å²) >= 11 is 0. The van der Waals surface area contributed by atoms with Crippen molar-refractivity contribution in [2.75, 3.05) is 19.8 Å². The Kier molecular flexibility index (Phi) is 6.52. The van der Waals surface area contributed by atoms with Gasteiger partial charge in [-0.25, -0.2) is 9.59 Å². The molecule has 0 saturated carbocycles. The Morgan fingerprint density at radius 3 is 2.04 bits per heavy atom. The van der Waals surface area contributed by atoms with Crippen LogP contribution in [0, 0.1) is 0 Å². The van der Waals surface area contributed by atoms with E-state index in [4.69, 9.17) is 23.7 Å². The van der Waals surface area contributed by atoms with Crippen LogP contribution in [-0.2, 0) is 38.1 Å². The lowest BCUT2D eigenvalue weighted by molar-refractivity contribution is -0.194. The number of carbonyl (C=O) groups is 3. The summed E-state index contributed by atoms with van der Waals surface area (Å²) in [4.78, 5) is 36.6. The Labute approximate surface area is 135 Å². The highest BCUT2D eigenvalue weighted by atomic mass is 16.8. The first-order chi connectivity index (χ1) is 10.7. The maximum Gasteiger partial charge on any atom is 0.342 e. The molecule has 1 rings (SSSR count). The van der Waals surface area contributed by atoms with Crippen LogP contribution in [0.2, 0.25) is 0 Å². The van der Waals surface area contributed by atoms with Gasteiger partial charge in [0.25, 0.3) is 0 Å². The zero-order valence-electron chi connectivity index (χ0n) is 14.2. The predicted molar refractivity (Wildman–Crippen MR) is 77.3 cm³/mol. The Morgan fingerprint density at radius 2 is 1.52 bits per heavy atom. The van der Waals surface area contributed by atoms with Gasteiger partial charge in [-0.05, 0) is 34.6 Å². The van der Waals surface area contributed by atoms with Crippen molar-refractivity contribution in [3.63, 3.8) is 0 Å². The third kappa shape index (κ3) is 4.42. The van der Waals surface area contributed by atoms with E-state index in [-0.39, 0.29) is 19.8 Å². The highest BCUT2D eigenvalue weighted by molar-refractivity contribution is 5.93. The van der Waals surface area contributed by atoms with Crippen LogP contribution in [0.5, 0.6) is 0 Å². The molecule has 1 fully saturated rings. The first-order valence-electron chi connectivity index (χ1n) is 7.59. The number of carbonyl (C=O) groups excluding carboxylic acids is 3. The molecule has 8 nitrogen and oxygen atoms in total. The number of hydrogen-bond acceptors (Lipinski definition) is 8. The second-order valence-corrected chi connectivity index (χ2v) is 5.34. The van der Waals surface area contributed by atoms with Gasteiger partial charge in [0, 0.05) is 0 Å². The summed E-state index contributed by atoms with van der Waals surface area (Å²) in [5.41, 5.74) is -1.93. The van der Waals surface area contributed by atoms with E-state index < -0.39 is 41.8 Å². The minimum Gasteiger partial charge on any atom is -0.466 e. The second-order valence-electron chi connectivity index (χ2n) is 5.34. The highest BCUT2D eigenvalue weighted by Gasteiger charge is 2.64. The Balaban J connectivity index is 3.23. The molecule has 1 saturated heterocycles. The van der Waals surface area contributed by atoms with Crippen molar-refractivity contribution in [3.05, 3.63) is 0 Å². The zero-order valence-corrected chi connectivity index (χ0v) is 14.2. The van der Waals surface area contributed by atoms with Crippen molar-refractivity contribution in [1.82, 2.24) is 0 Å². The van der Waals surface area contributed by atoms with E-state index in [1.165, 1.54) is 13.8 Å². The van der Waals surface area contributed by atoms with E-state index >= 15 is 0 Å². The van der Waals surface area contributed by atoms with Crippen molar-refractivity contribution in [2.45, 2.75) is 58.5 Å². The number of ether oxygens (including phenoxy) is 5. The molecule has 0 aromatic rings. The third-order valence-corrected chi connectivity index (χ3v) is 3.09. The second kappa shape index (κ2) is 7.74. The molecule has 23 heavy (non-hydrogen) atoms. The molecule has 1 aliphatic heterocycles. The highest BCUT2D eigenvalue weighted by Crippen LogP contribution is 2.40. The van der Waals surface area contributed by atoms with Crippen LogP contribution in [0.15, 0.2) is 0 Å². The van der Waals surface area contributed by atoms with Crippen LogP contribution in [0.3, 0.4) is 0 Å². The molecule has 0 spiro atoms. The average Bonchev–Trinajstić information content (AvgIpc) is 2.72. The quantitative estimate of drug-likeness (QED) is 0.502. The SMILES string of the molecule is CCOC(=O)C[C@@]1(C(=O)OCC)OC(C)(C)O[C@H]1C(=O)OCC. The van der Waals surface area contributed by atoms with Crippen molar-refractivity contribution in [2.24, 2.45) is 0 Å². The largest absolute Gasteiger partial charge is 0.466 e. The molecular weight excluding hydrogens is 308 g/mol. The van der Waals surface area contributed by atoms with E-state index in [2.05, 4.69) is 0 Å². The third-order valence-electron chi connectivity index (χ3n) is 3.09. The molecule has 0 aromatic heterocycles. The molecule has 132 valence electrons. The van der Waals surface area contributed by atoms with Gasteiger partial charge >= 0.3 is 17.9 Å². The molecular formula is C15H24O8. The summed E-state index contributed by atoms with van der Waals surface area (Å²) in [6, 6.07) is 0. The number of esters is 3. The first-order valence-corrected chi connectivity index (χ1v) is 7.59. The van der Waals surface area contributed by atoms with Crippen LogP contribution < -0.4 is 0 Å². The van der Waals surface area contributed by atoms with Crippen LogP contribution in [0.1, 0.15) is 41.0 Å². The average molecular weight is 332 g/mol. The molecule has 0 N–H and O–H groups in total. The lowest BCUT2D eigenvalue weighted by Crippen LogP contribution is -2.54. The van der Waals surface area contributed by atoms with Gasteiger partial charge in [0.1, 0.15) is 0 Å². The van der Waals surface area contributed by atoms with E-state index in [1.807, 2.05) is 0 Å². The molecule has 1 aliphatic rings. The van der Waals surface area contributed by atoms with E-state index in [9.17, 15) is 14.4 Å². The molecule has 1 heterocycles. The van der Waals surface area contributed by atoms with Crippen LogP contribution in [-0.4, -0.2) is 55.2 Å². The number of hydrogen-bond donors (Lipinski definition) is 0. The monoisotopic (exact) mass is 332 g/mol. The molecule has 0 amide bonds. The van der Waals surface area contributed by atoms with Gasteiger partial charge in [-0.15, -0.1) is 0 Å². The van der Waals surface area contributed by atoms with Crippen molar-refractivity contribution >= 4 is 17.9 Å². The lowest BCUT2D eigenvalue weighted by Gasteiger charge is -2.28. The molecule has 0 aromatic carbocycles. The Bertz CT molecular complexity index is 458. The topological polar surface area (TPSA) is 97.4 Å². The van der Waals surface area contributed by atoms with Gasteiger partial charge in [0.05, 0.1) is 26.2 Å². The molecule has 8 heteroatoms. The summed E-state index contributed by atoms with van der Waals surface area (Å²) < 4.78 is 26.0. The maximum absolute atomic E-state index is 12.5. The van der Waals surface area contributed by atoms with Crippen molar-refractivity contribution in [1.29, 1.82) is 0 Å². The molecule has 2 atom stereocenters. The Hall–Kier alpha value is -1.67. The normalized spacial score (nSPS) is 25.7. The number of rotatable bonds is 7. The summed E-state index contributed by atoms with van der Waals surface area (Å²) in [6.45, 7) is 8.21. The summed E-state index contributed by atoms with van der Waals surface area (Å²) in [6.07, 6.45) is -1.92. The first kappa shape index (κ1) is 19.4. The van der Waals surface area contributed by atoms with Gasteiger partial charge in [-0.1, -0.05) is 0 Å². The van der Waals surface area contributed by atoms with Gasteiger partial charge in [-0.2, -0.15) is 0 Å². The van der Waals surface area contributed by atoms with Gasteiger partial charge in [-0.3, -0.25) is 4.79 Å². The summed E-state index contributed by atoms with van der Waals surface area (Å²) in [5, 5.41) is 0. The predicted octanol–water partition coefficient (Wildman–Crippen LogP) is 0.956. The fraction of sp³-hybridized carbons (Fsp3) is 0.800. The van der Waals surface area contributed by atoms with Crippen molar-refractivity contribution in [3.8, 4) is 0 Å². The van der Waals surface area contributed by atoms with Crippen LogP contribution in [0.4, 0.5) is 0 Å². The van der Waals surface area contributed by atoms with E-state index in [0.717, 1.165) is 0 Å². The fourth-order valence-electron chi connectivity index (χ4n) is 2.38. The van der Waals surface area contributed by atoms with E-state index in [1.54, 1.807) is 20.8 Å². The molecule has 0 unspecified atom stereocenters. The van der Waals surface area contributed by atoms with Gasteiger partial charge < -0.3 is 23.7 Å². The summed E-state index contributed by atoms with van der Waals surface area (Å²) in [7, 11) is 0. The standard InChI is InChI=1S/C15H24O8/c1-6-19-10(16)9-15(13(18)21-8-3)11(12(17)20-7-2)22-14(4,5)23-15/h11H,6-9H2,1-5H3/t11-,15+/m0/s1. The summed E-state index contributed by atoms with van der Waals surface area (Å²) in [5.74, 6) is -3.63. The zero-order chi connectivity index (χ0) is 17.7. The lowest BCUT2D eigenvalue weighted by atomic mass is 9.92. The van der Waals surface area contributed by atoms with E-state index in [0.29, 0.717) is 0 Å². The Morgan fingerprint density at radius 1 is 0.957 bits per heavy atom. The fourth-order valence-corrected chi connectivity index (χ4v) is 2.38. The molecule has 0 radical (unpaired) electrons. The molecule has 0 bridgehead atoms. The smallest absolute Gasteiger partial charge is 0.342 e. The maximum atomic E-state index is 12.5. The van der Waals surface area contributed by atoms with Crippen LogP contribution >= 0.6 is 0 Å². The molecule has 0 aliphatic carbocycles.